The van der Waals surface area contributed by atoms with E-state index in [-0.39, 0.29) is 0 Å². The third-order valence-corrected chi connectivity index (χ3v) is 11.7. The minimum Gasteiger partial charge on any atom is -0.306 e. The summed E-state index contributed by atoms with van der Waals surface area (Å²) in [5.74, 6) is 4.89. The minimum atomic E-state index is 0.594. The first-order valence-corrected chi connectivity index (χ1v) is 13.7. The second-order valence-corrected chi connectivity index (χ2v) is 12.9. The zero-order valence-corrected chi connectivity index (χ0v) is 21.7. The van der Waals surface area contributed by atoms with Gasteiger partial charge in [-0.1, -0.05) is 19.9 Å². The molecular formula is C29H52N2. The number of allylic oxidation sites excluding steroid dienone is 1. The number of fused-ring (bicyclic) bond motifs is 5. The average Bonchev–Trinajstić information content (AvgIpc) is 3.09. The van der Waals surface area contributed by atoms with Gasteiger partial charge in [0.1, 0.15) is 0 Å². The summed E-state index contributed by atoms with van der Waals surface area (Å²) < 4.78 is 0. The second-order valence-electron chi connectivity index (χ2n) is 12.9. The van der Waals surface area contributed by atoms with Gasteiger partial charge in [0.2, 0.25) is 0 Å². The highest BCUT2D eigenvalue weighted by Gasteiger charge is 2.60. The van der Waals surface area contributed by atoms with Crippen LogP contribution in [0.3, 0.4) is 0 Å². The first-order valence-electron chi connectivity index (χ1n) is 13.7. The lowest BCUT2D eigenvalue weighted by molar-refractivity contribution is -0.123. The van der Waals surface area contributed by atoms with Crippen LogP contribution in [0.15, 0.2) is 12.7 Å². The van der Waals surface area contributed by atoms with Crippen molar-refractivity contribution >= 4 is 0 Å². The van der Waals surface area contributed by atoms with Crippen molar-refractivity contribution in [2.45, 2.75) is 103 Å². The standard InChI is InChI=1S/C29H52N2/c1-8-9-10-19-31(7)23-15-17-28(3)22(20-23)11-12-24-26-14-13-25(21(2)30(5)6)29(26,4)18-16-27(24)28/h8,21-27H,1,9-20H2,2-7H3/t21-,22-,23-,24-,25+,26-,27-,28-,29+/m0/s1. The lowest BCUT2D eigenvalue weighted by atomic mass is 9.44. The quantitative estimate of drug-likeness (QED) is 0.323. The molecule has 0 amide bonds. The van der Waals surface area contributed by atoms with Crippen molar-refractivity contribution in [1.29, 1.82) is 0 Å². The predicted octanol–water partition coefficient (Wildman–Crippen LogP) is 6.86. The molecule has 4 aliphatic carbocycles. The third kappa shape index (κ3) is 4.07. The molecule has 0 unspecified atom stereocenters. The van der Waals surface area contributed by atoms with E-state index in [1.807, 2.05) is 0 Å². The average molecular weight is 429 g/mol. The summed E-state index contributed by atoms with van der Waals surface area (Å²) in [5.41, 5.74) is 1.21. The molecule has 0 N–H and O–H groups in total. The second kappa shape index (κ2) is 9.13. The van der Waals surface area contributed by atoms with Crippen molar-refractivity contribution < 1.29 is 0 Å². The van der Waals surface area contributed by atoms with Crippen LogP contribution in [0.2, 0.25) is 0 Å². The van der Waals surface area contributed by atoms with Crippen molar-refractivity contribution in [2.24, 2.45) is 40.4 Å². The van der Waals surface area contributed by atoms with Crippen LogP contribution >= 0.6 is 0 Å². The van der Waals surface area contributed by atoms with Crippen LogP contribution in [-0.4, -0.2) is 49.6 Å². The maximum atomic E-state index is 3.90. The molecule has 0 aromatic carbocycles. The van der Waals surface area contributed by atoms with E-state index in [1.54, 1.807) is 0 Å². The van der Waals surface area contributed by atoms with Crippen LogP contribution in [-0.2, 0) is 0 Å². The Morgan fingerprint density at radius 1 is 0.935 bits per heavy atom. The highest BCUT2D eigenvalue weighted by Crippen LogP contribution is 2.68. The molecule has 0 heterocycles. The number of unbranched alkanes of at least 4 members (excludes halogenated alkanes) is 1. The molecule has 0 radical (unpaired) electrons. The third-order valence-electron chi connectivity index (χ3n) is 11.7. The number of nitrogens with zero attached hydrogens (tertiary/aromatic N) is 2. The van der Waals surface area contributed by atoms with Crippen molar-refractivity contribution in [3.05, 3.63) is 12.7 Å². The normalized spacial score (nSPS) is 45.8. The summed E-state index contributed by atoms with van der Waals surface area (Å²) in [6, 6.07) is 1.55. The molecule has 4 fully saturated rings. The Morgan fingerprint density at radius 3 is 2.35 bits per heavy atom. The van der Waals surface area contributed by atoms with Crippen LogP contribution in [0.25, 0.3) is 0 Å². The van der Waals surface area contributed by atoms with Crippen LogP contribution in [0.4, 0.5) is 0 Å². The van der Waals surface area contributed by atoms with E-state index in [9.17, 15) is 0 Å². The van der Waals surface area contributed by atoms with Crippen molar-refractivity contribution in [3.8, 4) is 0 Å². The van der Waals surface area contributed by atoms with Gasteiger partial charge in [0, 0.05) is 12.1 Å². The van der Waals surface area contributed by atoms with Gasteiger partial charge in [0.15, 0.2) is 0 Å². The summed E-state index contributed by atoms with van der Waals surface area (Å²) >= 11 is 0. The SMILES string of the molecule is C=CCCCN(C)[C@H]1CC[C@@]2(C)[C@@H](CC[C@@H]3[C@@H]2CC[C@]2(C)[C@@H]([C@H](C)N(C)C)CC[C@@H]32)C1. The lowest BCUT2D eigenvalue weighted by Crippen LogP contribution is -2.56. The van der Waals surface area contributed by atoms with Crippen molar-refractivity contribution in [1.82, 2.24) is 9.80 Å². The number of hydrogen-bond acceptors (Lipinski definition) is 2. The minimum absolute atomic E-state index is 0.594. The first kappa shape index (κ1) is 23.8. The van der Waals surface area contributed by atoms with Gasteiger partial charge in [-0.05, 0) is 146 Å². The topological polar surface area (TPSA) is 6.48 Å². The molecule has 0 bridgehead atoms. The Hall–Kier alpha value is -0.340. The summed E-state index contributed by atoms with van der Waals surface area (Å²) in [6.07, 6.45) is 17.9. The summed E-state index contributed by atoms with van der Waals surface area (Å²) in [4.78, 5) is 5.19. The molecule has 9 atom stereocenters. The van der Waals surface area contributed by atoms with E-state index < -0.39 is 0 Å². The summed E-state index contributed by atoms with van der Waals surface area (Å²) in [7, 11) is 6.98. The smallest absolute Gasteiger partial charge is 0.00952 e. The fourth-order valence-electron chi connectivity index (χ4n) is 9.50. The van der Waals surface area contributed by atoms with E-state index in [4.69, 9.17) is 0 Å². The van der Waals surface area contributed by atoms with Crippen LogP contribution in [0, 0.1) is 40.4 Å². The van der Waals surface area contributed by atoms with E-state index in [2.05, 4.69) is 64.4 Å². The van der Waals surface area contributed by atoms with Gasteiger partial charge >= 0.3 is 0 Å². The molecule has 0 saturated heterocycles. The van der Waals surface area contributed by atoms with E-state index in [0.717, 1.165) is 48.1 Å². The highest BCUT2D eigenvalue weighted by atomic mass is 15.1. The van der Waals surface area contributed by atoms with Gasteiger partial charge in [-0.3, -0.25) is 0 Å². The Labute approximate surface area is 194 Å². The van der Waals surface area contributed by atoms with E-state index >= 15 is 0 Å². The van der Waals surface area contributed by atoms with Gasteiger partial charge in [0.05, 0.1) is 0 Å². The van der Waals surface area contributed by atoms with Crippen LogP contribution < -0.4 is 0 Å². The zero-order valence-electron chi connectivity index (χ0n) is 21.7. The van der Waals surface area contributed by atoms with Gasteiger partial charge in [0.25, 0.3) is 0 Å². The number of rotatable bonds is 7. The molecule has 0 aromatic heterocycles. The van der Waals surface area contributed by atoms with E-state index in [1.165, 1.54) is 70.8 Å². The monoisotopic (exact) mass is 428 g/mol. The Bertz CT molecular complexity index is 628. The highest BCUT2D eigenvalue weighted by molar-refractivity contribution is 5.10. The van der Waals surface area contributed by atoms with Gasteiger partial charge in [-0.2, -0.15) is 0 Å². The molecule has 31 heavy (non-hydrogen) atoms. The predicted molar refractivity (Wildman–Crippen MR) is 134 cm³/mol. The Morgan fingerprint density at radius 2 is 1.65 bits per heavy atom. The molecule has 2 nitrogen and oxygen atoms in total. The molecule has 178 valence electrons. The van der Waals surface area contributed by atoms with Crippen LogP contribution in [0.1, 0.15) is 91.4 Å². The molecule has 2 heteroatoms. The van der Waals surface area contributed by atoms with E-state index in [0.29, 0.717) is 10.8 Å². The maximum Gasteiger partial charge on any atom is 0.00952 e. The largest absolute Gasteiger partial charge is 0.306 e. The van der Waals surface area contributed by atoms with Crippen molar-refractivity contribution in [2.75, 3.05) is 27.7 Å². The first-order chi connectivity index (χ1) is 14.7. The van der Waals surface area contributed by atoms with Gasteiger partial charge < -0.3 is 9.80 Å². The zero-order chi connectivity index (χ0) is 22.4. The molecule has 4 saturated carbocycles. The molecule has 0 aliphatic heterocycles. The van der Waals surface area contributed by atoms with Gasteiger partial charge in [-0.15, -0.1) is 6.58 Å². The molecule has 0 spiro atoms. The fraction of sp³-hybridized carbons (Fsp3) is 0.931. The number of hydrogen-bond donors (Lipinski definition) is 0. The summed E-state index contributed by atoms with van der Waals surface area (Å²) in [6.45, 7) is 13.1. The maximum absolute atomic E-state index is 3.90. The van der Waals surface area contributed by atoms with Crippen molar-refractivity contribution in [3.63, 3.8) is 0 Å². The Kier molecular flexibility index (Phi) is 7.01. The lowest BCUT2D eigenvalue weighted by Gasteiger charge is -2.62. The molecule has 0 aromatic rings. The molecule has 4 rings (SSSR count). The summed E-state index contributed by atoms with van der Waals surface area (Å²) in [5, 5.41) is 0. The molecule has 4 aliphatic rings. The van der Waals surface area contributed by atoms with Crippen LogP contribution in [0.5, 0.6) is 0 Å². The van der Waals surface area contributed by atoms with Gasteiger partial charge in [-0.25, -0.2) is 0 Å². The molecular weight excluding hydrogens is 376 g/mol. The fourth-order valence-corrected chi connectivity index (χ4v) is 9.50. The Balaban J connectivity index is 1.44.